The molecule has 1 amide bonds. The van der Waals surface area contributed by atoms with Crippen molar-refractivity contribution in [3.63, 3.8) is 0 Å². The van der Waals surface area contributed by atoms with Crippen LogP contribution in [0.3, 0.4) is 0 Å². The number of carbonyl (C=O) groups excluding carboxylic acids is 1. The number of hydrogen-bond acceptors (Lipinski definition) is 4. The van der Waals surface area contributed by atoms with Gasteiger partial charge in [-0.2, -0.15) is 0 Å². The van der Waals surface area contributed by atoms with Crippen molar-refractivity contribution >= 4 is 45.3 Å². The number of anilines is 1. The third-order valence-corrected chi connectivity index (χ3v) is 7.23. The van der Waals surface area contributed by atoms with Crippen molar-refractivity contribution in [3.05, 3.63) is 93.8 Å². The Labute approximate surface area is 207 Å². The van der Waals surface area contributed by atoms with Crippen molar-refractivity contribution in [1.82, 2.24) is 14.5 Å². The van der Waals surface area contributed by atoms with Gasteiger partial charge in [0.25, 0.3) is 5.56 Å². The molecule has 0 unspecified atom stereocenters. The van der Waals surface area contributed by atoms with Crippen molar-refractivity contribution < 1.29 is 4.79 Å². The fraction of sp³-hybridized carbons (Fsp3) is 0.179. The number of carbonyl (C=O) groups is 1. The highest BCUT2D eigenvalue weighted by Gasteiger charge is 2.19. The van der Waals surface area contributed by atoms with Crippen LogP contribution in [-0.4, -0.2) is 26.2 Å². The summed E-state index contributed by atoms with van der Waals surface area (Å²) in [5, 5.41) is 4.31. The Morgan fingerprint density at radius 3 is 2.57 bits per heavy atom. The van der Waals surface area contributed by atoms with Gasteiger partial charge >= 0.3 is 0 Å². The lowest BCUT2D eigenvalue weighted by molar-refractivity contribution is -0.113. The zero-order valence-corrected chi connectivity index (χ0v) is 20.7. The average Bonchev–Trinajstić information content (AvgIpc) is 3.24. The number of benzene rings is 3. The number of H-pyrrole nitrogens is 1. The zero-order chi connectivity index (χ0) is 24.5. The van der Waals surface area contributed by atoms with Crippen LogP contribution in [0.25, 0.3) is 27.6 Å². The van der Waals surface area contributed by atoms with Crippen molar-refractivity contribution in [3.8, 4) is 5.69 Å². The predicted octanol–water partition coefficient (Wildman–Crippen LogP) is 5.78. The van der Waals surface area contributed by atoms with Crippen molar-refractivity contribution in [2.45, 2.75) is 32.3 Å². The van der Waals surface area contributed by atoms with Gasteiger partial charge in [0.1, 0.15) is 11.0 Å². The topological polar surface area (TPSA) is 79.8 Å². The molecule has 0 fully saturated rings. The maximum Gasteiger partial charge on any atom is 0.283 e. The van der Waals surface area contributed by atoms with Gasteiger partial charge in [-0.25, -0.2) is 4.98 Å². The van der Waals surface area contributed by atoms with Gasteiger partial charge in [-0.15, -0.1) is 0 Å². The Balaban J connectivity index is 1.55. The van der Waals surface area contributed by atoms with Gasteiger partial charge in [0.05, 0.1) is 11.4 Å². The molecule has 3 aromatic carbocycles. The summed E-state index contributed by atoms with van der Waals surface area (Å²) in [6.07, 6.45) is 0.946. The van der Waals surface area contributed by atoms with Crippen LogP contribution in [0.15, 0.2) is 76.7 Å². The minimum absolute atomic E-state index is 0.126. The van der Waals surface area contributed by atoms with Crippen LogP contribution in [0.1, 0.15) is 23.6 Å². The Morgan fingerprint density at radius 1 is 1.03 bits per heavy atom. The monoisotopic (exact) mass is 482 g/mol. The summed E-state index contributed by atoms with van der Waals surface area (Å²) in [4.78, 5) is 34.7. The minimum atomic E-state index is -0.182. The van der Waals surface area contributed by atoms with Crippen LogP contribution < -0.4 is 10.9 Å². The van der Waals surface area contributed by atoms with E-state index in [4.69, 9.17) is 4.98 Å². The Morgan fingerprint density at radius 2 is 1.80 bits per heavy atom. The van der Waals surface area contributed by atoms with Gasteiger partial charge < -0.3 is 10.3 Å². The lowest BCUT2D eigenvalue weighted by Gasteiger charge is -2.15. The van der Waals surface area contributed by atoms with Crippen molar-refractivity contribution in [1.29, 1.82) is 0 Å². The van der Waals surface area contributed by atoms with Crippen LogP contribution in [0.4, 0.5) is 5.69 Å². The predicted molar refractivity (Wildman–Crippen MR) is 144 cm³/mol. The summed E-state index contributed by atoms with van der Waals surface area (Å²) in [5.74, 6) is -0.0271. The average molecular weight is 483 g/mol. The van der Waals surface area contributed by atoms with E-state index in [1.54, 1.807) is 4.57 Å². The first-order valence-electron chi connectivity index (χ1n) is 11.6. The number of aryl methyl sites for hydroxylation is 2. The standard InChI is InChI=1S/C28H26N4O2S/c1-4-19-12-14-20(15-13-19)29-24(33)16-35-28-31-25-21-9-5-6-10-22(21)30-26(25)27(34)32(28)23-11-7-8-17(2)18(23)3/h5-15,30H,4,16H2,1-3H3,(H,29,33). The Hall–Kier alpha value is -3.84. The van der Waals surface area contributed by atoms with Crippen molar-refractivity contribution in [2.75, 3.05) is 11.1 Å². The number of aromatic nitrogens is 3. The number of thioether (sulfide) groups is 1. The highest BCUT2D eigenvalue weighted by atomic mass is 32.2. The summed E-state index contributed by atoms with van der Waals surface area (Å²) >= 11 is 1.26. The first kappa shape index (κ1) is 22.9. The molecule has 0 spiro atoms. The highest BCUT2D eigenvalue weighted by Crippen LogP contribution is 2.28. The van der Waals surface area contributed by atoms with Gasteiger partial charge in [0.15, 0.2) is 5.16 Å². The molecule has 6 nitrogen and oxygen atoms in total. The molecule has 0 aliphatic carbocycles. The van der Waals surface area contributed by atoms with E-state index in [0.717, 1.165) is 39.8 Å². The van der Waals surface area contributed by atoms with E-state index >= 15 is 0 Å². The molecule has 0 saturated carbocycles. The second-order valence-electron chi connectivity index (χ2n) is 8.54. The Bertz CT molecular complexity index is 1620. The molecule has 176 valence electrons. The van der Waals surface area contributed by atoms with Gasteiger partial charge in [0.2, 0.25) is 5.91 Å². The number of rotatable bonds is 6. The molecule has 0 aliphatic rings. The quantitative estimate of drug-likeness (QED) is 0.238. The summed E-state index contributed by atoms with van der Waals surface area (Å²) in [7, 11) is 0. The molecule has 7 heteroatoms. The van der Waals surface area contributed by atoms with E-state index in [-0.39, 0.29) is 17.2 Å². The molecule has 5 aromatic rings. The van der Waals surface area contributed by atoms with E-state index < -0.39 is 0 Å². The first-order chi connectivity index (χ1) is 17.0. The third-order valence-electron chi connectivity index (χ3n) is 6.29. The van der Waals surface area contributed by atoms with Crippen LogP contribution in [0.2, 0.25) is 0 Å². The van der Waals surface area contributed by atoms with E-state index in [1.807, 2.05) is 80.6 Å². The van der Waals surface area contributed by atoms with Crippen LogP contribution >= 0.6 is 11.8 Å². The number of amides is 1. The number of aromatic amines is 1. The molecular weight excluding hydrogens is 456 g/mol. The lowest BCUT2D eigenvalue weighted by Crippen LogP contribution is -2.23. The van der Waals surface area contributed by atoms with Crippen LogP contribution in [0, 0.1) is 13.8 Å². The molecule has 2 N–H and O–H groups in total. The summed E-state index contributed by atoms with van der Waals surface area (Å²) in [6.45, 7) is 6.10. The SMILES string of the molecule is CCc1ccc(NC(=O)CSc2nc3c([nH]c4ccccc43)c(=O)n2-c2cccc(C)c2C)cc1. The molecule has 0 atom stereocenters. The minimum Gasteiger partial charge on any atom is -0.349 e. The number of nitrogens with zero attached hydrogens (tertiary/aromatic N) is 2. The summed E-state index contributed by atoms with van der Waals surface area (Å²) in [6, 6.07) is 21.4. The number of nitrogens with one attached hydrogen (secondary N) is 2. The molecule has 0 radical (unpaired) electrons. The van der Waals surface area contributed by atoms with Gasteiger partial charge in [0, 0.05) is 16.6 Å². The second-order valence-corrected chi connectivity index (χ2v) is 9.48. The number of para-hydroxylation sites is 1. The normalized spacial score (nSPS) is 11.3. The largest absolute Gasteiger partial charge is 0.349 e. The molecule has 0 aliphatic heterocycles. The molecule has 0 saturated heterocycles. The van der Waals surface area contributed by atoms with Gasteiger partial charge in [-0.3, -0.25) is 14.2 Å². The molecule has 35 heavy (non-hydrogen) atoms. The maximum atomic E-state index is 13.8. The summed E-state index contributed by atoms with van der Waals surface area (Å²) < 4.78 is 1.62. The van der Waals surface area contributed by atoms with Gasteiger partial charge in [-0.1, -0.05) is 61.2 Å². The molecular formula is C28H26N4O2S. The third kappa shape index (κ3) is 4.35. The molecule has 2 aromatic heterocycles. The molecule has 0 bridgehead atoms. The molecule has 5 rings (SSSR count). The Kier molecular flexibility index (Phi) is 6.17. The maximum absolute atomic E-state index is 13.8. The lowest BCUT2D eigenvalue weighted by atomic mass is 10.1. The van der Waals surface area contributed by atoms with E-state index in [9.17, 15) is 9.59 Å². The first-order valence-corrected chi connectivity index (χ1v) is 12.6. The highest BCUT2D eigenvalue weighted by molar-refractivity contribution is 7.99. The fourth-order valence-corrected chi connectivity index (χ4v) is 4.98. The van der Waals surface area contributed by atoms with Crippen LogP contribution in [-0.2, 0) is 11.2 Å². The zero-order valence-electron chi connectivity index (χ0n) is 19.9. The molecule has 2 heterocycles. The number of hydrogen-bond donors (Lipinski definition) is 2. The van der Waals surface area contributed by atoms with Crippen LogP contribution in [0.5, 0.6) is 0 Å². The van der Waals surface area contributed by atoms with E-state index in [0.29, 0.717) is 16.2 Å². The van der Waals surface area contributed by atoms with E-state index in [2.05, 4.69) is 17.2 Å². The number of fused-ring (bicyclic) bond motifs is 3. The summed E-state index contributed by atoms with van der Waals surface area (Å²) in [5.41, 5.74) is 6.55. The fourth-order valence-electron chi connectivity index (χ4n) is 4.18. The smallest absolute Gasteiger partial charge is 0.283 e. The van der Waals surface area contributed by atoms with Gasteiger partial charge in [-0.05, 0) is 61.2 Å². The van der Waals surface area contributed by atoms with E-state index in [1.165, 1.54) is 17.3 Å². The van der Waals surface area contributed by atoms with Crippen molar-refractivity contribution in [2.24, 2.45) is 0 Å². The second kappa shape index (κ2) is 9.43.